The average Bonchev–Trinajstić information content (AvgIpc) is 0.920. The first-order valence-electron chi connectivity index (χ1n) is 35.3. The molecule has 0 aliphatic carbocycles. The summed E-state index contributed by atoms with van der Waals surface area (Å²) >= 11 is 0. The van der Waals surface area contributed by atoms with Crippen molar-refractivity contribution in [3.63, 3.8) is 0 Å². The molecule has 0 fully saturated rings. The van der Waals surface area contributed by atoms with E-state index in [1.807, 2.05) is 0 Å². The molecule has 0 aliphatic rings. The van der Waals surface area contributed by atoms with E-state index in [9.17, 15) is 5.11 Å². The maximum atomic E-state index is 13.1. The number of fused-ring (bicyclic) bond motifs is 1. The molecule has 0 unspecified atom stereocenters. The highest BCUT2D eigenvalue weighted by Crippen LogP contribution is 2.46. The van der Waals surface area contributed by atoms with Crippen molar-refractivity contribution in [1.29, 1.82) is 0 Å². The Bertz CT molecular complexity index is 4220. The van der Waals surface area contributed by atoms with Gasteiger partial charge >= 0.3 is 0 Å². The van der Waals surface area contributed by atoms with E-state index in [0.29, 0.717) is 50.7 Å². The number of hydrogen-bond acceptors (Lipinski definition) is 3. The number of aromatic nitrogens is 3. The zero-order chi connectivity index (χ0) is 70.8. The number of imidazole rings is 1. The molecular formula is C61H59N3O. The highest BCUT2D eigenvalue weighted by molar-refractivity contribution is 5.98. The number of aromatic hydroxyl groups is 1. The van der Waals surface area contributed by atoms with Gasteiger partial charge < -0.3 is 5.11 Å². The van der Waals surface area contributed by atoms with Crippen LogP contribution in [0, 0.1) is 6.85 Å². The number of phenols is 1. The van der Waals surface area contributed by atoms with Crippen LogP contribution < -0.4 is 0 Å². The molecular weight excluding hydrogens is 791 g/mol. The zero-order valence-electron chi connectivity index (χ0n) is 64.5. The molecule has 4 nitrogen and oxygen atoms in total. The summed E-state index contributed by atoms with van der Waals surface area (Å²) in [4.78, 5) is 9.78. The van der Waals surface area contributed by atoms with Crippen LogP contribution in [0.3, 0.4) is 0 Å². The van der Waals surface area contributed by atoms with Gasteiger partial charge in [-0.3, -0.25) is 9.55 Å². The van der Waals surface area contributed by atoms with Gasteiger partial charge in [-0.05, 0) is 122 Å². The molecule has 0 saturated carbocycles. The van der Waals surface area contributed by atoms with Crippen LogP contribution in [-0.2, 0) is 16.2 Å². The third kappa shape index (κ3) is 8.54. The van der Waals surface area contributed by atoms with Gasteiger partial charge in [-0.25, -0.2) is 4.98 Å². The zero-order valence-corrected chi connectivity index (χ0v) is 34.5. The summed E-state index contributed by atoms with van der Waals surface area (Å²) in [6, 6.07) is 39.9. The van der Waals surface area contributed by atoms with Crippen LogP contribution in [0.4, 0.5) is 0 Å². The van der Waals surface area contributed by atoms with E-state index in [-0.39, 0.29) is 39.5 Å². The summed E-state index contributed by atoms with van der Waals surface area (Å²) in [5, 5.41) is 13.1. The molecule has 324 valence electrons. The lowest BCUT2D eigenvalue weighted by Crippen LogP contribution is -2.17. The normalized spacial score (nSPS) is 21.0. The second-order valence-corrected chi connectivity index (χ2v) is 15.9. The summed E-state index contributed by atoms with van der Waals surface area (Å²) in [6.07, 6.45) is 1.45. The SMILES string of the molecule is [2H]C([2H])([2H])c1ccc(-n2c(-c3cc(C(C([2H])([2H])[2H])(C([2H])([2H])[2H])C([2H])([2H])[2H])cc(C(C([2H])([2H])[2H])(C([2H])([2H])[2H])C([2H])([2H])[2H])c3O)nc3c(-c4cc(-c5ccccc5)cc(-c5cc(-c6ccc(C(C([2H])([2H])[2H])(C([2H])([2H])[2H])C([2H])([2H])[2H])cc6)ccn5)c4)cccc32)c(-c2ccccc2)c1. The van der Waals surface area contributed by atoms with Gasteiger partial charge in [-0.15, -0.1) is 0 Å². The lowest BCUT2D eigenvalue weighted by atomic mass is 9.79. The number of phenolic OH excluding ortho intramolecular Hbond substituents is 1. The number of rotatable bonds is 7. The molecule has 9 rings (SSSR count). The maximum absolute atomic E-state index is 13.1. The van der Waals surface area contributed by atoms with Crippen LogP contribution in [0.5, 0.6) is 5.75 Å². The largest absolute Gasteiger partial charge is 0.507 e. The number of benzene rings is 7. The minimum Gasteiger partial charge on any atom is -0.507 e. The molecule has 0 radical (unpaired) electrons. The first-order chi connectivity index (χ1) is 43.4. The lowest BCUT2D eigenvalue weighted by Gasteiger charge is -2.27. The van der Waals surface area contributed by atoms with E-state index in [2.05, 4.69) is 0 Å². The number of nitrogens with zero attached hydrogens (tertiary/aromatic N) is 3. The van der Waals surface area contributed by atoms with Gasteiger partial charge in [-0.2, -0.15) is 0 Å². The van der Waals surface area contributed by atoms with Gasteiger partial charge in [0.05, 0.1) is 28.0 Å². The van der Waals surface area contributed by atoms with Crippen LogP contribution in [0.25, 0.3) is 83.9 Å². The van der Waals surface area contributed by atoms with Crippen molar-refractivity contribution in [3.05, 3.63) is 192 Å². The predicted molar refractivity (Wildman–Crippen MR) is 274 cm³/mol. The summed E-state index contributed by atoms with van der Waals surface area (Å²) in [5.74, 6) is -2.17. The second-order valence-electron chi connectivity index (χ2n) is 15.9. The summed E-state index contributed by atoms with van der Waals surface area (Å²) in [7, 11) is 0. The van der Waals surface area contributed by atoms with E-state index in [4.69, 9.17) is 51.1 Å². The first kappa shape index (κ1) is 20.4. The number of aryl methyl sites for hydroxylation is 1. The monoisotopic (exact) mass is 880 g/mol. The minimum absolute atomic E-state index is 0.0126. The van der Waals surface area contributed by atoms with Gasteiger partial charge in [0.1, 0.15) is 11.6 Å². The maximum Gasteiger partial charge on any atom is 0.149 e. The van der Waals surface area contributed by atoms with Crippen LogP contribution in [0.2, 0.25) is 0 Å². The standard InChI is InChI=1S/C61H59N3O/c1-39-24-29-54(50(32-39)42-20-15-12-16-21-42)64-55-23-17-22-49(56(55)63-58(64)51-37-48(60(5,6)7)38-52(57(51)65)61(8,9)10)45-33-44(40-18-13-11-14-19-40)34-46(35-45)53-36-43(30-31-62-53)41-25-27-47(28-26-41)59(2,3)4/h11-38,65H,1-10H3/i1D3,2D3,3D3,4D3,5D3,6D3,7D3,8D3,9D3,10D3. The minimum atomic E-state index is -4.28. The Kier molecular flexibility index (Phi) is 5.19. The highest BCUT2D eigenvalue weighted by Gasteiger charge is 2.29. The topological polar surface area (TPSA) is 50.9 Å². The summed E-state index contributed by atoms with van der Waals surface area (Å²) in [6.45, 7) is -38.6. The van der Waals surface area contributed by atoms with E-state index in [1.54, 1.807) is 103 Å². The molecule has 0 spiro atoms. The highest BCUT2D eigenvalue weighted by atomic mass is 16.3. The number of para-hydroxylation sites is 1. The molecule has 0 aliphatic heterocycles. The van der Waals surface area contributed by atoms with Crippen molar-refractivity contribution in [3.8, 4) is 78.6 Å². The Morgan fingerprint density at radius 3 is 1.85 bits per heavy atom. The van der Waals surface area contributed by atoms with Crippen LogP contribution in [0.15, 0.2) is 170 Å². The fraction of sp³-hybridized carbons (Fsp3) is 0.213. The van der Waals surface area contributed by atoms with Crippen LogP contribution in [0.1, 0.15) is 125 Å². The fourth-order valence-corrected chi connectivity index (χ4v) is 8.05. The molecule has 4 heteroatoms. The Balaban J connectivity index is 1.43. The Hall–Kier alpha value is -7.04. The van der Waals surface area contributed by atoms with Gasteiger partial charge in [0, 0.05) is 69.6 Å². The van der Waals surface area contributed by atoms with Crippen LogP contribution in [-0.4, -0.2) is 19.6 Å². The summed E-state index contributed by atoms with van der Waals surface area (Å²) in [5.41, 5.74) is -12.6. The van der Waals surface area contributed by atoms with Gasteiger partial charge in [0.2, 0.25) is 0 Å². The molecule has 2 aromatic heterocycles. The van der Waals surface area contributed by atoms with Crippen molar-refractivity contribution >= 4 is 11.0 Å². The molecule has 0 bridgehead atoms. The van der Waals surface area contributed by atoms with E-state index < -0.39 is 119 Å². The molecule has 65 heavy (non-hydrogen) atoms. The van der Waals surface area contributed by atoms with E-state index in [0.717, 1.165) is 12.1 Å². The van der Waals surface area contributed by atoms with Crippen LogP contribution >= 0.6 is 0 Å². The third-order valence-electron chi connectivity index (χ3n) is 11.3. The van der Waals surface area contributed by atoms with Crippen molar-refractivity contribution in [1.82, 2.24) is 14.5 Å². The molecule has 0 saturated heterocycles. The van der Waals surface area contributed by atoms with Gasteiger partial charge in [0.25, 0.3) is 0 Å². The van der Waals surface area contributed by atoms with Crippen molar-refractivity contribution in [2.24, 2.45) is 0 Å². The Morgan fingerprint density at radius 1 is 0.477 bits per heavy atom. The quantitative estimate of drug-likeness (QED) is 0.173. The predicted octanol–water partition coefficient (Wildman–Crippen LogP) is 16.3. The van der Waals surface area contributed by atoms with Gasteiger partial charge in [0.15, 0.2) is 0 Å². The average molecular weight is 880 g/mol. The third-order valence-corrected chi connectivity index (χ3v) is 11.3. The molecule has 0 atom stereocenters. The molecule has 9 aromatic rings. The fourth-order valence-electron chi connectivity index (χ4n) is 8.05. The van der Waals surface area contributed by atoms with E-state index in [1.165, 1.54) is 47.2 Å². The van der Waals surface area contributed by atoms with Crippen molar-refractivity contribution in [2.45, 2.75) is 84.8 Å². The smallest absolute Gasteiger partial charge is 0.149 e. The summed E-state index contributed by atoms with van der Waals surface area (Å²) < 4.78 is 259. The van der Waals surface area contributed by atoms with Crippen molar-refractivity contribution in [2.75, 3.05) is 0 Å². The Labute approximate surface area is 427 Å². The number of pyridine rings is 1. The molecule has 2 heterocycles. The Morgan fingerprint density at radius 2 is 1.14 bits per heavy atom. The first-order valence-corrected chi connectivity index (χ1v) is 20.3. The van der Waals surface area contributed by atoms with Crippen molar-refractivity contribution < 1.29 is 46.2 Å². The number of hydrogen-bond donors (Lipinski definition) is 1. The molecule has 7 aromatic carbocycles. The second kappa shape index (κ2) is 16.5. The van der Waals surface area contributed by atoms with E-state index >= 15 is 0 Å². The molecule has 0 amide bonds. The van der Waals surface area contributed by atoms with Gasteiger partial charge in [-0.1, -0.05) is 176 Å². The molecule has 1 N–H and O–H groups in total. The lowest BCUT2D eigenvalue weighted by molar-refractivity contribution is 0.446.